The van der Waals surface area contributed by atoms with E-state index < -0.39 is 0 Å². The summed E-state index contributed by atoms with van der Waals surface area (Å²) in [6, 6.07) is 0.870. The standard InChI is InChI=1S/C15H31N3O2/c1-4-13(5-2)18(10-11-20-3)9-8-14(15(16)19)17-12-6-7-12/h12-14,17H,4-11H2,1-3H3,(H2,16,19). The van der Waals surface area contributed by atoms with Crippen molar-refractivity contribution in [3.63, 3.8) is 0 Å². The van der Waals surface area contributed by atoms with Gasteiger partial charge < -0.3 is 15.8 Å². The summed E-state index contributed by atoms with van der Waals surface area (Å²) in [4.78, 5) is 13.9. The van der Waals surface area contributed by atoms with Gasteiger partial charge >= 0.3 is 0 Å². The molecule has 118 valence electrons. The van der Waals surface area contributed by atoms with Crippen molar-refractivity contribution in [3.05, 3.63) is 0 Å². The zero-order chi connectivity index (χ0) is 15.0. The number of carbonyl (C=O) groups excluding carboxylic acids is 1. The van der Waals surface area contributed by atoms with Crippen LogP contribution in [0.25, 0.3) is 0 Å². The number of nitrogens with zero attached hydrogens (tertiary/aromatic N) is 1. The Morgan fingerprint density at radius 3 is 2.45 bits per heavy atom. The third kappa shape index (κ3) is 6.20. The molecule has 1 amide bonds. The summed E-state index contributed by atoms with van der Waals surface area (Å²) in [6.45, 7) is 6.96. The Kier molecular flexibility index (Phi) is 8.11. The largest absolute Gasteiger partial charge is 0.383 e. The first-order valence-corrected chi connectivity index (χ1v) is 7.90. The van der Waals surface area contributed by atoms with Crippen molar-refractivity contribution in [2.75, 3.05) is 26.8 Å². The van der Waals surface area contributed by atoms with Crippen LogP contribution in [0, 0.1) is 0 Å². The van der Waals surface area contributed by atoms with Gasteiger partial charge in [0.1, 0.15) is 0 Å². The summed E-state index contributed by atoms with van der Waals surface area (Å²) in [5, 5.41) is 3.34. The van der Waals surface area contributed by atoms with Crippen LogP contribution in [0.1, 0.15) is 46.0 Å². The average Bonchev–Trinajstić information content (AvgIpc) is 3.24. The highest BCUT2D eigenvalue weighted by Gasteiger charge is 2.27. The van der Waals surface area contributed by atoms with Crippen molar-refractivity contribution in [1.29, 1.82) is 0 Å². The van der Waals surface area contributed by atoms with Crippen LogP contribution in [0.15, 0.2) is 0 Å². The summed E-state index contributed by atoms with van der Waals surface area (Å²) in [7, 11) is 1.73. The number of hydrogen-bond acceptors (Lipinski definition) is 4. The highest BCUT2D eigenvalue weighted by molar-refractivity contribution is 5.79. The second-order valence-corrected chi connectivity index (χ2v) is 5.68. The van der Waals surface area contributed by atoms with Crippen LogP contribution in [-0.4, -0.2) is 55.7 Å². The molecule has 1 fully saturated rings. The van der Waals surface area contributed by atoms with E-state index in [0.29, 0.717) is 12.1 Å². The minimum Gasteiger partial charge on any atom is -0.383 e. The van der Waals surface area contributed by atoms with Crippen LogP contribution in [0.5, 0.6) is 0 Å². The lowest BCUT2D eigenvalue weighted by atomic mass is 10.1. The fourth-order valence-electron chi connectivity index (χ4n) is 2.63. The molecule has 0 heterocycles. The van der Waals surface area contributed by atoms with Crippen LogP contribution in [0.2, 0.25) is 0 Å². The third-order valence-corrected chi connectivity index (χ3v) is 4.10. The number of amides is 1. The lowest BCUT2D eigenvalue weighted by Gasteiger charge is -2.31. The van der Waals surface area contributed by atoms with E-state index >= 15 is 0 Å². The van der Waals surface area contributed by atoms with Gasteiger partial charge in [0.25, 0.3) is 0 Å². The molecule has 0 radical (unpaired) electrons. The first kappa shape index (κ1) is 17.4. The van der Waals surface area contributed by atoms with Crippen molar-refractivity contribution in [2.45, 2.75) is 64.1 Å². The molecule has 1 aliphatic carbocycles. The van der Waals surface area contributed by atoms with Crippen molar-refractivity contribution in [2.24, 2.45) is 5.73 Å². The van der Waals surface area contributed by atoms with Crippen molar-refractivity contribution >= 4 is 5.91 Å². The minimum atomic E-state index is -0.229. The van der Waals surface area contributed by atoms with E-state index in [0.717, 1.165) is 39.0 Å². The van der Waals surface area contributed by atoms with Gasteiger partial charge in [-0.1, -0.05) is 13.8 Å². The average molecular weight is 285 g/mol. The Morgan fingerprint density at radius 2 is 2.00 bits per heavy atom. The maximum atomic E-state index is 11.5. The second-order valence-electron chi connectivity index (χ2n) is 5.68. The number of rotatable bonds is 12. The maximum absolute atomic E-state index is 11.5. The number of ether oxygens (including phenoxy) is 1. The Balaban J connectivity index is 2.46. The van der Waals surface area contributed by atoms with Gasteiger partial charge in [-0.3, -0.25) is 9.69 Å². The van der Waals surface area contributed by atoms with Gasteiger partial charge in [-0.2, -0.15) is 0 Å². The zero-order valence-electron chi connectivity index (χ0n) is 13.2. The molecule has 0 aromatic carbocycles. The van der Waals surface area contributed by atoms with Crippen molar-refractivity contribution in [1.82, 2.24) is 10.2 Å². The lowest BCUT2D eigenvalue weighted by molar-refractivity contribution is -0.120. The lowest BCUT2D eigenvalue weighted by Crippen LogP contribution is -2.46. The zero-order valence-corrected chi connectivity index (χ0v) is 13.2. The molecule has 0 aliphatic heterocycles. The minimum absolute atomic E-state index is 0.193. The number of nitrogens with two attached hydrogens (primary N) is 1. The first-order valence-electron chi connectivity index (χ1n) is 7.90. The summed E-state index contributed by atoms with van der Waals surface area (Å²) in [5.41, 5.74) is 5.50. The predicted octanol–water partition coefficient (Wildman–Crippen LogP) is 1.12. The van der Waals surface area contributed by atoms with E-state index in [2.05, 4.69) is 24.1 Å². The number of primary amides is 1. The smallest absolute Gasteiger partial charge is 0.234 e. The molecule has 20 heavy (non-hydrogen) atoms. The first-order chi connectivity index (χ1) is 9.62. The molecule has 1 saturated carbocycles. The van der Waals surface area contributed by atoms with Crippen LogP contribution < -0.4 is 11.1 Å². The third-order valence-electron chi connectivity index (χ3n) is 4.10. The second kappa shape index (κ2) is 9.32. The van der Waals surface area contributed by atoms with Crippen molar-refractivity contribution in [3.8, 4) is 0 Å². The van der Waals surface area contributed by atoms with Gasteiger partial charge in [0.2, 0.25) is 5.91 Å². The molecule has 1 rings (SSSR count). The Morgan fingerprint density at radius 1 is 1.35 bits per heavy atom. The predicted molar refractivity (Wildman–Crippen MR) is 81.6 cm³/mol. The fraction of sp³-hybridized carbons (Fsp3) is 0.933. The molecule has 0 saturated heterocycles. The van der Waals surface area contributed by atoms with Crippen molar-refractivity contribution < 1.29 is 9.53 Å². The molecule has 0 aromatic heterocycles. The summed E-state index contributed by atoms with van der Waals surface area (Å²) >= 11 is 0. The summed E-state index contributed by atoms with van der Waals surface area (Å²) < 4.78 is 5.19. The van der Waals surface area contributed by atoms with Crippen LogP contribution in [0.3, 0.4) is 0 Å². The molecule has 0 aromatic rings. The van der Waals surface area contributed by atoms with Gasteiger partial charge in [-0.25, -0.2) is 0 Å². The summed E-state index contributed by atoms with van der Waals surface area (Å²) in [5.74, 6) is -0.229. The fourth-order valence-corrected chi connectivity index (χ4v) is 2.63. The topological polar surface area (TPSA) is 67.6 Å². The number of nitrogens with one attached hydrogen (secondary N) is 1. The molecule has 5 heteroatoms. The molecule has 1 unspecified atom stereocenters. The molecule has 0 bridgehead atoms. The molecule has 3 N–H and O–H groups in total. The Labute approximate surface area is 123 Å². The highest BCUT2D eigenvalue weighted by Crippen LogP contribution is 2.20. The van der Waals surface area contributed by atoms with Gasteiger partial charge in [0.15, 0.2) is 0 Å². The molecular weight excluding hydrogens is 254 g/mol. The van der Waals surface area contributed by atoms with Crippen LogP contribution >= 0.6 is 0 Å². The monoisotopic (exact) mass is 285 g/mol. The van der Waals surface area contributed by atoms with Gasteiger partial charge in [-0.05, 0) is 32.1 Å². The number of methoxy groups -OCH3 is 1. The number of carbonyl (C=O) groups is 1. The Hall–Kier alpha value is -0.650. The van der Waals surface area contributed by atoms with E-state index in [-0.39, 0.29) is 11.9 Å². The van der Waals surface area contributed by atoms with E-state index in [1.165, 1.54) is 12.8 Å². The van der Waals surface area contributed by atoms with Gasteiger partial charge in [0.05, 0.1) is 12.6 Å². The van der Waals surface area contributed by atoms with E-state index in [1.54, 1.807) is 7.11 Å². The van der Waals surface area contributed by atoms with Crippen LogP contribution in [-0.2, 0) is 9.53 Å². The normalized spacial score (nSPS) is 16.9. The van der Waals surface area contributed by atoms with Gasteiger partial charge in [0, 0.05) is 32.3 Å². The van der Waals surface area contributed by atoms with Gasteiger partial charge in [-0.15, -0.1) is 0 Å². The molecule has 1 aliphatic rings. The quantitative estimate of drug-likeness (QED) is 0.564. The molecule has 0 spiro atoms. The summed E-state index contributed by atoms with van der Waals surface area (Å²) in [6.07, 6.45) is 5.37. The maximum Gasteiger partial charge on any atom is 0.234 e. The Bertz CT molecular complexity index is 278. The molecular formula is C15H31N3O2. The molecule has 1 atom stereocenters. The number of hydrogen-bond donors (Lipinski definition) is 2. The van der Waals surface area contributed by atoms with E-state index in [1.807, 2.05) is 0 Å². The van der Waals surface area contributed by atoms with E-state index in [4.69, 9.17) is 10.5 Å². The molecule has 5 nitrogen and oxygen atoms in total. The SMILES string of the molecule is CCC(CC)N(CCOC)CCC(NC1CC1)C(N)=O. The highest BCUT2D eigenvalue weighted by atomic mass is 16.5. The van der Waals surface area contributed by atoms with E-state index in [9.17, 15) is 4.79 Å². The van der Waals surface area contributed by atoms with Crippen LogP contribution in [0.4, 0.5) is 0 Å².